The van der Waals surface area contributed by atoms with Gasteiger partial charge in [0.05, 0.1) is 18.1 Å². The molecule has 0 atom stereocenters. The van der Waals surface area contributed by atoms with Crippen molar-refractivity contribution in [3.8, 4) is 17.1 Å². The molecular weight excluding hydrogens is 240 g/mol. The zero-order valence-corrected chi connectivity index (χ0v) is 9.96. The van der Waals surface area contributed by atoms with Crippen molar-refractivity contribution >= 4 is 23.3 Å². The van der Waals surface area contributed by atoms with Crippen LogP contribution in [0.3, 0.4) is 0 Å². The Hall–Kier alpha value is -2.68. The van der Waals surface area contributed by atoms with Crippen LogP contribution in [0.25, 0.3) is 34.4 Å². The zero-order valence-electron chi connectivity index (χ0n) is 9.96. The number of hydrogen-bond acceptors (Lipinski definition) is 3. The van der Waals surface area contributed by atoms with Gasteiger partial charge in [0.25, 0.3) is 5.95 Å². The lowest BCUT2D eigenvalue weighted by molar-refractivity contribution is 0.342. The van der Waals surface area contributed by atoms with E-state index in [2.05, 4.69) is 0 Å². The van der Waals surface area contributed by atoms with E-state index in [1.165, 1.54) is 0 Å². The number of allylic oxidation sites excluding steroid dienone is 1. The topological polar surface area (TPSA) is 42.6 Å². The number of aromatic hydroxyl groups is 1. The summed E-state index contributed by atoms with van der Waals surface area (Å²) in [7, 11) is 0. The first kappa shape index (κ1) is 10.3. The molecule has 3 aliphatic rings. The SMILES string of the molecule is Oc1oc2ccccc2c2cc3c(c1-2)=COC=CC=3. The Labute approximate surface area is 108 Å². The molecule has 1 aromatic carbocycles. The molecule has 0 bridgehead atoms. The molecule has 0 saturated heterocycles. The molecule has 19 heavy (non-hydrogen) atoms. The van der Waals surface area contributed by atoms with Gasteiger partial charge in [-0.05, 0) is 23.4 Å². The predicted molar refractivity (Wildman–Crippen MR) is 72.9 cm³/mol. The van der Waals surface area contributed by atoms with Gasteiger partial charge >= 0.3 is 0 Å². The molecule has 1 aromatic rings. The fourth-order valence-corrected chi connectivity index (χ4v) is 2.53. The summed E-state index contributed by atoms with van der Waals surface area (Å²) in [5, 5.41) is 13.0. The molecule has 3 nitrogen and oxygen atoms in total. The number of para-hydroxylation sites is 1. The third kappa shape index (κ3) is 1.38. The summed E-state index contributed by atoms with van der Waals surface area (Å²) in [6.45, 7) is 0. The standard InChI is InChI=1S/C16H10O3/c17-16-15-12(11-5-1-2-6-14(11)19-16)8-10-4-3-7-18-9-13(10)15/h1-9,17H. The van der Waals surface area contributed by atoms with Gasteiger partial charge in [0.2, 0.25) is 0 Å². The minimum Gasteiger partial charge on any atom is -0.480 e. The molecule has 2 aliphatic heterocycles. The number of hydrogen-bond donors (Lipinski definition) is 1. The number of fused-ring (bicyclic) bond motifs is 5. The second-order valence-corrected chi connectivity index (χ2v) is 4.45. The van der Waals surface area contributed by atoms with Crippen LogP contribution in [-0.2, 0) is 4.74 Å². The lowest BCUT2D eigenvalue weighted by Gasteiger charge is -2.06. The largest absolute Gasteiger partial charge is 0.480 e. The zero-order chi connectivity index (χ0) is 12.8. The van der Waals surface area contributed by atoms with Gasteiger partial charge in [-0.3, -0.25) is 0 Å². The number of benzene rings is 1. The van der Waals surface area contributed by atoms with Crippen LogP contribution in [0.4, 0.5) is 0 Å². The Morgan fingerprint density at radius 1 is 1.11 bits per heavy atom. The van der Waals surface area contributed by atoms with E-state index in [0.717, 1.165) is 21.4 Å². The summed E-state index contributed by atoms with van der Waals surface area (Å²) < 4.78 is 10.8. The van der Waals surface area contributed by atoms with Gasteiger partial charge in [0.15, 0.2) is 0 Å². The maximum absolute atomic E-state index is 10.1. The maximum atomic E-state index is 10.1. The second-order valence-electron chi connectivity index (χ2n) is 4.45. The highest BCUT2D eigenvalue weighted by Gasteiger charge is 2.18. The summed E-state index contributed by atoms with van der Waals surface area (Å²) in [6, 6.07) is 9.70. The fraction of sp³-hybridized carbons (Fsp3) is 0. The van der Waals surface area contributed by atoms with E-state index in [1.54, 1.807) is 12.5 Å². The van der Waals surface area contributed by atoms with E-state index in [1.807, 2.05) is 42.5 Å². The van der Waals surface area contributed by atoms with E-state index in [-0.39, 0.29) is 5.95 Å². The van der Waals surface area contributed by atoms with E-state index in [0.29, 0.717) is 11.1 Å². The van der Waals surface area contributed by atoms with E-state index in [4.69, 9.17) is 9.15 Å². The van der Waals surface area contributed by atoms with Crippen LogP contribution in [0.1, 0.15) is 0 Å². The summed E-state index contributed by atoms with van der Waals surface area (Å²) in [5.41, 5.74) is 2.33. The third-order valence-corrected chi connectivity index (χ3v) is 3.37. The minimum atomic E-state index is -0.0786. The molecule has 0 radical (unpaired) electrons. The lowest BCUT2D eigenvalue weighted by atomic mass is 10.1. The van der Waals surface area contributed by atoms with Crippen LogP contribution in [-0.4, -0.2) is 5.11 Å². The van der Waals surface area contributed by atoms with E-state index in [9.17, 15) is 5.11 Å². The molecule has 3 heteroatoms. The first-order chi connectivity index (χ1) is 9.34. The summed E-state index contributed by atoms with van der Waals surface area (Å²) in [6.07, 6.45) is 7.01. The molecule has 1 N–H and O–H groups in total. The van der Waals surface area contributed by atoms with Gasteiger partial charge in [0.1, 0.15) is 5.58 Å². The summed E-state index contributed by atoms with van der Waals surface area (Å²) >= 11 is 0. The van der Waals surface area contributed by atoms with Crippen molar-refractivity contribution in [1.29, 1.82) is 0 Å². The molecule has 0 unspecified atom stereocenters. The molecule has 0 amide bonds. The minimum absolute atomic E-state index is 0.0786. The Kier molecular flexibility index (Phi) is 1.97. The van der Waals surface area contributed by atoms with Crippen molar-refractivity contribution in [2.24, 2.45) is 0 Å². The van der Waals surface area contributed by atoms with Crippen LogP contribution in [0.2, 0.25) is 0 Å². The van der Waals surface area contributed by atoms with Crippen molar-refractivity contribution < 1.29 is 14.3 Å². The highest BCUT2D eigenvalue weighted by molar-refractivity contribution is 5.97. The van der Waals surface area contributed by atoms with E-state index < -0.39 is 0 Å². The number of rotatable bonds is 0. The van der Waals surface area contributed by atoms with Crippen molar-refractivity contribution in [3.63, 3.8) is 0 Å². The van der Waals surface area contributed by atoms with Gasteiger partial charge in [-0.15, -0.1) is 0 Å². The molecule has 0 spiro atoms. The van der Waals surface area contributed by atoms with E-state index >= 15 is 0 Å². The van der Waals surface area contributed by atoms with Gasteiger partial charge in [-0.25, -0.2) is 0 Å². The number of ether oxygens (including phenoxy) is 1. The van der Waals surface area contributed by atoms with Gasteiger partial charge in [0, 0.05) is 16.2 Å². The molecule has 1 aliphatic carbocycles. The van der Waals surface area contributed by atoms with Crippen LogP contribution >= 0.6 is 0 Å². The predicted octanol–water partition coefficient (Wildman–Crippen LogP) is 2.31. The maximum Gasteiger partial charge on any atom is 0.291 e. The molecule has 0 aromatic heterocycles. The molecule has 92 valence electrons. The monoisotopic (exact) mass is 250 g/mol. The molecule has 0 saturated carbocycles. The quantitative estimate of drug-likeness (QED) is 0.665. The summed E-state index contributed by atoms with van der Waals surface area (Å²) in [4.78, 5) is 0. The average Bonchev–Trinajstić information content (AvgIpc) is 2.64. The van der Waals surface area contributed by atoms with Crippen LogP contribution in [0.15, 0.2) is 47.1 Å². The van der Waals surface area contributed by atoms with Crippen LogP contribution in [0, 0.1) is 0 Å². The fourth-order valence-electron chi connectivity index (χ4n) is 2.53. The third-order valence-electron chi connectivity index (χ3n) is 3.37. The van der Waals surface area contributed by atoms with Gasteiger partial charge in [-0.1, -0.05) is 24.3 Å². The highest BCUT2D eigenvalue weighted by atomic mass is 16.5. The van der Waals surface area contributed by atoms with Crippen molar-refractivity contribution in [1.82, 2.24) is 0 Å². The highest BCUT2D eigenvalue weighted by Crippen LogP contribution is 2.35. The van der Waals surface area contributed by atoms with Gasteiger partial charge < -0.3 is 14.3 Å². The Balaban J connectivity index is 2.29. The molecule has 4 rings (SSSR count). The Morgan fingerprint density at radius 2 is 2.00 bits per heavy atom. The van der Waals surface area contributed by atoms with Crippen molar-refractivity contribution in [2.75, 3.05) is 0 Å². The molecule has 2 heterocycles. The Morgan fingerprint density at radius 3 is 2.95 bits per heavy atom. The first-order valence-electron chi connectivity index (χ1n) is 6.00. The average molecular weight is 250 g/mol. The smallest absolute Gasteiger partial charge is 0.291 e. The molecular formula is C16H10O3. The first-order valence-corrected chi connectivity index (χ1v) is 6.00. The van der Waals surface area contributed by atoms with Crippen molar-refractivity contribution in [3.05, 3.63) is 53.1 Å². The van der Waals surface area contributed by atoms with Gasteiger partial charge in [-0.2, -0.15) is 0 Å². The molecule has 0 fully saturated rings. The summed E-state index contributed by atoms with van der Waals surface area (Å²) in [5.74, 6) is -0.0786. The van der Waals surface area contributed by atoms with Crippen LogP contribution < -0.4 is 10.4 Å². The lowest BCUT2D eigenvalue weighted by Crippen LogP contribution is -2.19. The van der Waals surface area contributed by atoms with Crippen molar-refractivity contribution in [2.45, 2.75) is 0 Å². The normalized spacial score (nSPS) is 13.5. The Bertz CT molecular complexity index is 900. The van der Waals surface area contributed by atoms with Crippen LogP contribution in [0.5, 0.6) is 5.95 Å². The second kappa shape index (κ2) is 3.65.